The fraction of sp³-hybridized carbons (Fsp3) is 0.462. The van der Waals surface area contributed by atoms with E-state index in [9.17, 15) is 5.11 Å². The molecule has 102 valence electrons. The summed E-state index contributed by atoms with van der Waals surface area (Å²) in [6, 6.07) is 0. The summed E-state index contributed by atoms with van der Waals surface area (Å²) in [5.74, 6) is 0.444. The van der Waals surface area contributed by atoms with Crippen LogP contribution < -0.4 is 0 Å². The molecule has 0 amide bonds. The van der Waals surface area contributed by atoms with Crippen molar-refractivity contribution >= 4 is 15.9 Å². The minimum absolute atomic E-state index is 0.443. The Kier molecular flexibility index (Phi) is 4.31. The molecule has 0 saturated heterocycles. The standard InChI is InChI=1S/C13H17BrN4O/c1-4-18-10(12(14)9(3)17-18)5-11(19)13-15-6-8(2)7-16-13/h6-7,11,19H,4-5H2,1-3H3. The normalized spacial score (nSPS) is 12.7. The van der Waals surface area contributed by atoms with Gasteiger partial charge in [-0.05, 0) is 42.3 Å². The second-order valence-electron chi connectivity index (χ2n) is 4.50. The Labute approximate surface area is 120 Å². The Morgan fingerprint density at radius 1 is 1.32 bits per heavy atom. The molecule has 0 aliphatic heterocycles. The molecule has 2 heterocycles. The lowest BCUT2D eigenvalue weighted by Crippen LogP contribution is -2.11. The SMILES string of the molecule is CCn1nc(C)c(Br)c1CC(O)c1ncc(C)cn1. The van der Waals surface area contributed by atoms with Crippen molar-refractivity contribution in [3.8, 4) is 0 Å². The molecular formula is C13H17BrN4O. The van der Waals surface area contributed by atoms with Crippen LogP contribution in [0.4, 0.5) is 0 Å². The van der Waals surface area contributed by atoms with Crippen molar-refractivity contribution in [1.82, 2.24) is 19.7 Å². The van der Waals surface area contributed by atoms with Crippen molar-refractivity contribution in [2.75, 3.05) is 0 Å². The number of aliphatic hydroxyl groups is 1. The summed E-state index contributed by atoms with van der Waals surface area (Å²) < 4.78 is 2.83. The van der Waals surface area contributed by atoms with Crippen molar-refractivity contribution in [2.24, 2.45) is 0 Å². The van der Waals surface area contributed by atoms with E-state index >= 15 is 0 Å². The van der Waals surface area contributed by atoms with Gasteiger partial charge in [0.1, 0.15) is 6.10 Å². The van der Waals surface area contributed by atoms with Crippen LogP contribution in [0.1, 0.15) is 35.8 Å². The Morgan fingerprint density at radius 2 is 1.95 bits per heavy atom. The highest BCUT2D eigenvalue weighted by Crippen LogP contribution is 2.25. The van der Waals surface area contributed by atoms with E-state index in [1.165, 1.54) is 0 Å². The minimum atomic E-state index is -0.724. The average Bonchev–Trinajstić information content (AvgIpc) is 2.67. The van der Waals surface area contributed by atoms with E-state index in [-0.39, 0.29) is 0 Å². The zero-order valence-corrected chi connectivity index (χ0v) is 12.8. The third-order valence-electron chi connectivity index (χ3n) is 2.94. The number of hydrogen-bond acceptors (Lipinski definition) is 4. The molecule has 0 aliphatic rings. The molecule has 0 saturated carbocycles. The predicted octanol–water partition coefficient (Wildman–Crippen LogP) is 2.35. The first-order valence-electron chi connectivity index (χ1n) is 6.21. The van der Waals surface area contributed by atoms with E-state index in [0.717, 1.165) is 28.0 Å². The Bertz CT molecular complexity index is 565. The molecule has 6 heteroatoms. The van der Waals surface area contributed by atoms with Gasteiger partial charge in [-0.15, -0.1) is 0 Å². The van der Waals surface area contributed by atoms with Crippen molar-refractivity contribution in [2.45, 2.75) is 39.8 Å². The summed E-state index contributed by atoms with van der Waals surface area (Å²) >= 11 is 3.52. The molecule has 0 aliphatic carbocycles. The quantitative estimate of drug-likeness (QED) is 0.937. The lowest BCUT2D eigenvalue weighted by molar-refractivity contribution is 0.165. The lowest BCUT2D eigenvalue weighted by Gasteiger charge is -2.11. The predicted molar refractivity (Wildman–Crippen MR) is 75.8 cm³/mol. The summed E-state index contributed by atoms with van der Waals surface area (Å²) in [4.78, 5) is 8.32. The summed E-state index contributed by atoms with van der Waals surface area (Å²) in [6.07, 6.45) is 3.14. The van der Waals surface area contributed by atoms with E-state index in [1.807, 2.05) is 25.5 Å². The summed E-state index contributed by atoms with van der Waals surface area (Å²) in [7, 11) is 0. The van der Waals surface area contributed by atoms with Crippen molar-refractivity contribution in [1.29, 1.82) is 0 Å². The zero-order valence-electron chi connectivity index (χ0n) is 11.3. The van der Waals surface area contributed by atoms with E-state index in [1.54, 1.807) is 12.4 Å². The van der Waals surface area contributed by atoms with E-state index in [2.05, 4.69) is 31.0 Å². The highest BCUT2D eigenvalue weighted by Gasteiger charge is 2.18. The maximum Gasteiger partial charge on any atom is 0.157 e. The van der Waals surface area contributed by atoms with Crippen LogP contribution in [-0.4, -0.2) is 24.9 Å². The van der Waals surface area contributed by atoms with Crippen LogP contribution in [0, 0.1) is 13.8 Å². The molecular weight excluding hydrogens is 308 g/mol. The molecule has 1 unspecified atom stereocenters. The molecule has 1 N–H and O–H groups in total. The molecule has 0 fully saturated rings. The van der Waals surface area contributed by atoms with Crippen LogP contribution in [0.5, 0.6) is 0 Å². The Morgan fingerprint density at radius 3 is 2.53 bits per heavy atom. The third-order valence-corrected chi connectivity index (χ3v) is 3.97. The highest BCUT2D eigenvalue weighted by atomic mass is 79.9. The number of aryl methyl sites for hydroxylation is 3. The number of halogens is 1. The minimum Gasteiger partial charge on any atom is -0.385 e. The third kappa shape index (κ3) is 3.01. The molecule has 0 spiro atoms. The Balaban J connectivity index is 2.23. The molecule has 1 atom stereocenters. The summed E-state index contributed by atoms with van der Waals surface area (Å²) in [6.45, 7) is 6.65. The largest absolute Gasteiger partial charge is 0.385 e. The maximum absolute atomic E-state index is 10.2. The maximum atomic E-state index is 10.2. The molecule has 2 aromatic heterocycles. The van der Waals surface area contributed by atoms with Crippen LogP contribution in [-0.2, 0) is 13.0 Å². The van der Waals surface area contributed by atoms with E-state index in [4.69, 9.17) is 0 Å². The van der Waals surface area contributed by atoms with Gasteiger partial charge < -0.3 is 5.11 Å². The van der Waals surface area contributed by atoms with Gasteiger partial charge >= 0.3 is 0 Å². The van der Waals surface area contributed by atoms with Gasteiger partial charge in [-0.2, -0.15) is 5.10 Å². The van der Waals surface area contributed by atoms with Gasteiger partial charge in [0.25, 0.3) is 0 Å². The second kappa shape index (κ2) is 5.79. The number of aromatic nitrogens is 4. The first-order valence-corrected chi connectivity index (χ1v) is 7.00. The lowest BCUT2D eigenvalue weighted by atomic mass is 10.1. The Hall–Kier alpha value is -1.27. The van der Waals surface area contributed by atoms with Gasteiger partial charge in [-0.1, -0.05) is 0 Å². The average molecular weight is 325 g/mol. The summed E-state index contributed by atoms with van der Waals surface area (Å²) in [5, 5.41) is 14.6. The van der Waals surface area contributed by atoms with Crippen LogP contribution in [0.2, 0.25) is 0 Å². The van der Waals surface area contributed by atoms with Crippen LogP contribution in [0.15, 0.2) is 16.9 Å². The van der Waals surface area contributed by atoms with Gasteiger partial charge in [-0.3, -0.25) is 4.68 Å². The van der Waals surface area contributed by atoms with Crippen molar-refractivity contribution in [3.05, 3.63) is 39.6 Å². The molecule has 0 aromatic carbocycles. The molecule has 19 heavy (non-hydrogen) atoms. The van der Waals surface area contributed by atoms with Gasteiger partial charge in [0, 0.05) is 25.4 Å². The van der Waals surface area contributed by atoms with Crippen molar-refractivity contribution in [3.63, 3.8) is 0 Å². The molecule has 5 nitrogen and oxygen atoms in total. The summed E-state index contributed by atoms with van der Waals surface area (Å²) in [5.41, 5.74) is 2.87. The molecule has 0 radical (unpaired) electrons. The fourth-order valence-corrected chi connectivity index (χ4v) is 2.36. The van der Waals surface area contributed by atoms with Crippen LogP contribution in [0.3, 0.4) is 0 Å². The van der Waals surface area contributed by atoms with Gasteiger partial charge in [0.15, 0.2) is 5.82 Å². The molecule has 0 bridgehead atoms. The molecule has 2 rings (SSSR count). The first-order chi connectivity index (χ1) is 9.02. The topological polar surface area (TPSA) is 63.8 Å². The molecule has 2 aromatic rings. The van der Waals surface area contributed by atoms with Gasteiger partial charge in [0.05, 0.1) is 15.9 Å². The van der Waals surface area contributed by atoms with E-state index in [0.29, 0.717) is 12.2 Å². The number of hydrogen-bond donors (Lipinski definition) is 1. The van der Waals surface area contributed by atoms with Crippen LogP contribution in [0.25, 0.3) is 0 Å². The van der Waals surface area contributed by atoms with Gasteiger partial charge in [0.2, 0.25) is 0 Å². The fourth-order valence-electron chi connectivity index (χ4n) is 1.91. The van der Waals surface area contributed by atoms with Gasteiger partial charge in [-0.25, -0.2) is 9.97 Å². The highest BCUT2D eigenvalue weighted by molar-refractivity contribution is 9.10. The monoisotopic (exact) mass is 324 g/mol. The smallest absolute Gasteiger partial charge is 0.157 e. The van der Waals surface area contributed by atoms with E-state index < -0.39 is 6.10 Å². The number of nitrogens with zero attached hydrogens (tertiary/aromatic N) is 4. The zero-order chi connectivity index (χ0) is 14.0. The van der Waals surface area contributed by atoms with Crippen LogP contribution >= 0.6 is 15.9 Å². The van der Waals surface area contributed by atoms with Crippen molar-refractivity contribution < 1.29 is 5.11 Å². The number of rotatable bonds is 4. The first kappa shape index (κ1) is 14.1. The number of aliphatic hydroxyl groups excluding tert-OH is 1. The second-order valence-corrected chi connectivity index (χ2v) is 5.29.